The molecule has 1 unspecified atom stereocenters. The molecular formula is C9H11NaO6S. The molecule has 1 aromatic carbocycles. The standard InChI is InChI=1S/C9H10O3.Na.H2O3S/c1-2-12-9(11)7-3-5-8(10)6-4-7;;1-4(2)3/h3-6,10H,2H2,1H3;;(H2,1,2,3)/q;+1;/p-1. The third-order valence-corrected chi connectivity index (χ3v) is 1.38. The predicted molar refractivity (Wildman–Crippen MR) is 55.6 cm³/mol. The van der Waals surface area contributed by atoms with Crippen LogP contribution in [0.4, 0.5) is 0 Å². The van der Waals surface area contributed by atoms with Crippen molar-refractivity contribution < 1.29 is 57.5 Å². The Labute approximate surface area is 123 Å². The first kappa shape index (κ1) is 18.9. The van der Waals surface area contributed by atoms with Gasteiger partial charge in [0.1, 0.15) is 5.75 Å². The normalized spacial score (nSPS) is 10.3. The van der Waals surface area contributed by atoms with Gasteiger partial charge < -0.3 is 18.9 Å². The van der Waals surface area contributed by atoms with Crippen LogP contribution in [0.25, 0.3) is 0 Å². The van der Waals surface area contributed by atoms with E-state index < -0.39 is 11.4 Å². The zero-order valence-corrected chi connectivity index (χ0v) is 12.3. The maximum atomic E-state index is 11.1. The van der Waals surface area contributed by atoms with E-state index in [0.29, 0.717) is 12.2 Å². The number of phenols is 1. The summed E-state index contributed by atoms with van der Waals surface area (Å²) < 4.78 is 28.8. The zero-order valence-electron chi connectivity index (χ0n) is 9.45. The third kappa shape index (κ3) is 10.4. The Balaban J connectivity index is 0. The summed E-state index contributed by atoms with van der Waals surface area (Å²) in [6.07, 6.45) is 0. The van der Waals surface area contributed by atoms with Gasteiger partial charge in [-0.2, -0.15) is 0 Å². The van der Waals surface area contributed by atoms with Crippen molar-refractivity contribution in [3.63, 3.8) is 0 Å². The first-order chi connectivity index (χ1) is 7.47. The van der Waals surface area contributed by atoms with E-state index in [2.05, 4.69) is 0 Å². The molecule has 2 N–H and O–H groups in total. The van der Waals surface area contributed by atoms with E-state index in [-0.39, 0.29) is 41.3 Å². The fourth-order valence-electron chi connectivity index (χ4n) is 0.812. The molecule has 0 bridgehead atoms. The van der Waals surface area contributed by atoms with Crippen molar-refractivity contribution in [3.8, 4) is 5.75 Å². The molecule has 1 rings (SSSR count). The molecule has 0 aromatic heterocycles. The third-order valence-electron chi connectivity index (χ3n) is 1.38. The number of esters is 1. The van der Waals surface area contributed by atoms with Crippen molar-refractivity contribution in [1.82, 2.24) is 0 Å². The topological polar surface area (TPSA) is 107 Å². The number of carbonyl (C=O) groups excluding carboxylic acids is 1. The van der Waals surface area contributed by atoms with Gasteiger partial charge in [0.2, 0.25) is 0 Å². The smallest absolute Gasteiger partial charge is 0.750 e. The maximum absolute atomic E-state index is 11.1. The van der Waals surface area contributed by atoms with Gasteiger partial charge in [-0.3, -0.25) is 0 Å². The largest absolute Gasteiger partial charge is 1.00 e. The molecule has 0 fully saturated rings. The molecular weight excluding hydrogens is 259 g/mol. The number of phenolic OH excluding ortho intramolecular Hbond substituents is 1. The van der Waals surface area contributed by atoms with Crippen LogP contribution in [0.1, 0.15) is 17.3 Å². The summed E-state index contributed by atoms with van der Waals surface area (Å²) in [4.78, 5) is 11.1. The average Bonchev–Trinajstić information content (AvgIpc) is 2.18. The molecule has 0 spiro atoms. The predicted octanol–water partition coefficient (Wildman–Crippen LogP) is -2.09. The number of hydrogen-bond donors (Lipinski definition) is 2. The van der Waals surface area contributed by atoms with Crippen molar-refractivity contribution in [3.05, 3.63) is 29.8 Å². The van der Waals surface area contributed by atoms with Gasteiger partial charge in [0.25, 0.3) is 0 Å². The maximum Gasteiger partial charge on any atom is 1.00 e. The second-order valence-corrected chi connectivity index (χ2v) is 2.92. The monoisotopic (exact) mass is 270 g/mol. The molecule has 0 aliphatic rings. The Kier molecular flexibility index (Phi) is 11.9. The zero-order chi connectivity index (χ0) is 12.6. The van der Waals surface area contributed by atoms with Gasteiger partial charge in [-0.05, 0) is 31.2 Å². The Morgan fingerprint density at radius 1 is 1.41 bits per heavy atom. The fourth-order valence-corrected chi connectivity index (χ4v) is 0.812. The molecule has 0 aliphatic carbocycles. The Bertz CT molecular complexity index is 349. The Hall–Kier alpha value is -0.440. The van der Waals surface area contributed by atoms with Gasteiger partial charge >= 0.3 is 35.5 Å². The SMILES string of the molecule is CCOC(=O)c1ccc(O)cc1.O=S([O-])O.[Na+]. The quantitative estimate of drug-likeness (QED) is 0.362. The number of rotatable bonds is 2. The molecule has 1 atom stereocenters. The molecule has 0 saturated heterocycles. The number of benzene rings is 1. The van der Waals surface area contributed by atoms with E-state index in [1.165, 1.54) is 24.3 Å². The van der Waals surface area contributed by atoms with Gasteiger partial charge in [-0.1, -0.05) is 0 Å². The summed E-state index contributed by atoms with van der Waals surface area (Å²) in [5.41, 5.74) is 0.453. The first-order valence-corrected chi connectivity index (χ1v) is 5.25. The minimum absolute atomic E-state index is 0. The molecule has 0 aliphatic heterocycles. The van der Waals surface area contributed by atoms with Crippen molar-refractivity contribution in [1.29, 1.82) is 0 Å². The average molecular weight is 270 g/mol. The van der Waals surface area contributed by atoms with Gasteiger partial charge in [0, 0.05) is 0 Å². The van der Waals surface area contributed by atoms with Gasteiger partial charge in [0.05, 0.1) is 23.5 Å². The summed E-state index contributed by atoms with van der Waals surface area (Å²) in [5, 5.41) is 8.92. The molecule has 0 radical (unpaired) electrons. The summed E-state index contributed by atoms with van der Waals surface area (Å²) in [6.45, 7) is 2.11. The van der Waals surface area contributed by atoms with E-state index in [9.17, 15) is 4.79 Å². The summed E-state index contributed by atoms with van der Waals surface area (Å²) >= 11 is -2.86. The Morgan fingerprint density at radius 2 is 1.82 bits per heavy atom. The van der Waals surface area contributed by atoms with Gasteiger partial charge in [-0.15, -0.1) is 0 Å². The van der Waals surface area contributed by atoms with Crippen LogP contribution in [0, 0.1) is 0 Å². The van der Waals surface area contributed by atoms with Crippen LogP contribution in [0.5, 0.6) is 5.75 Å². The number of aromatic hydroxyl groups is 1. The molecule has 8 heteroatoms. The van der Waals surface area contributed by atoms with Crippen molar-refractivity contribution in [2.45, 2.75) is 6.92 Å². The fraction of sp³-hybridized carbons (Fsp3) is 0.222. The first-order valence-electron chi connectivity index (χ1n) is 4.21. The second kappa shape index (κ2) is 10.7. The molecule has 90 valence electrons. The van der Waals surface area contributed by atoms with Gasteiger partial charge in [-0.25, -0.2) is 9.00 Å². The molecule has 6 nitrogen and oxygen atoms in total. The summed E-state index contributed by atoms with van der Waals surface area (Å²) in [7, 11) is 0. The van der Waals surface area contributed by atoms with Crippen molar-refractivity contribution >= 4 is 17.3 Å². The van der Waals surface area contributed by atoms with E-state index in [1.807, 2.05) is 0 Å². The van der Waals surface area contributed by atoms with Crippen LogP contribution in [0.2, 0.25) is 0 Å². The van der Waals surface area contributed by atoms with Crippen molar-refractivity contribution in [2.24, 2.45) is 0 Å². The Morgan fingerprint density at radius 3 is 2.18 bits per heavy atom. The minimum Gasteiger partial charge on any atom is -0.750 e. The molecule has 0 saturated carbocycles. The van der Waals surface area contributed by atoms with Crippen LogP contribution in [-0.2, 0) is 16.1 Å². The van der Waals surface area contributed by atoms with Crippen LogP contribution in [0.3, 0.4) is 0 Å². The summed E-state index contributed by atoms with van der Waals surface area (Å²) in [6, 6.07) is 5.94. The van der Waals surface area contributed by atoms with Crippen LogP contribution >= 0.6 is 0 Å². The molecule has 1 aromatic rings. The van der Waals surface area contributed by atoms with Gasteiger partial charge in [0.15, 0.2) is 0 Å². The molecule has 0 heterocycles. The van der Waals surface area contributed by atoms with Crippen LogP contribution in [-0.4, -0.2) is 31.0 Å². The van der Waals surface area contributed by atoms with E-state index >= 15 is 0 Å². The molecule has 17 heavy (non-hydrogen) atoms. The van der Waals surface area contributed by atoms with E-state index in [1.54, 1.807) is 6.92 Å². The van der Waals surface area contributed by atoms with Crippen LogP contribution in [0.15, 0.2) is 24.3 Å². The number of ether oxygens (including phenoxy) is 1. The van der Waals surface area contributed by atoms with Crippen LogP contribution < -0.4 is 29.6 Å². The minimum atomic E-state index is -2.86. The number of hydrogen-bond acceptors (Lipinski definition) is 5. The van der Waals surface area contributed by atoms with E-state index in [0.717, 1.165) is 0 Å². The molecule has 0 amide bonds. The number of carbonyl (C=O) groups is 1. The second-order valence-electron chi connectivity index (χ2n) is 2.48. The van der Waals surface area contributed by atoms with Crippen molar-refractivity contribution in [2.75, 3.05) is 6.61 Å². The van der Waals surface area contributed by atoms with E-state index in [4.69, 9.17) is 23.2 Å². The summed E-state index contributed by atoms with van der Waals surface area (Å²) in [5.74, 6) is -0.222.